The van der Waals surface area contributed by atoms with Crippen LogP contribution >= 0.6 is 0 Å². The molecule has 1 amide bonds. The maximum Gasteiger partial charge on any atom is 0.228 e. The Morgan fingerprint density at radius 2 is 2.25 bits per heavy atom. The molecule has 4 heteroatoms. The molecular formula is C16H24N2O2. The molecule has 0 bridgehead atoms. The number of carbonyl (C=O) groups is 1. The maximum absolute atomic E-state index is 12.8. The van der Waals surface area contributed by atoms with Crippen LogP contribution in [0.5, 0.6) is 0 Å². The van der Waals surface area contributed by atoms with E-state index in [4.69, 9.17) is 4.74 Å². The summed E-state index contributed by atoms with van der Waals surface area (Å²) >= 11 is 0. The van der Waals surface area contributed by atoms with Crippen LogP contribution in [0.25, 0.3) is 0 Å². The average molecular weight is 276 g/mol. The van der Waals surface area contributed by atoms with E-state index in [1.165, 1.54) is 0 Å². The van der Waals surface area contributed by atoms with Gasteiger partial charge >= 0.3 is 0 Å². The van der Waals surface area contributed by atoms with Gasteiger partial charge < -0.3 is 9.64 Å². The van der Waals surface area contributed by atoms with Crippen molar-refractivity contribution in [3.05, 3.63) is 30.1 Å². The average Bonchev–Trinajstić information content (AvgIpc) is 2.45. The fourth-order valence-electron chi connectivity index (χ4n) is 2.46. The van der Waals surface area contributed by atoms with Gasteiger partial charge in [-0.05, 0) is 45.7 Å². The van der Waals surface area contributed by atoms with Crippen LogP contribution in [-0.4, -0.2) is 34.5 Å². The highest BCUT2D eigenvalue weighted by Gasteiger charge is 2.33. The highest BCUT2D eigenvalue weighted by molar-refractivity contribution is 5.79. The molecule has 1 aromatic rings. The smallest absolute Gasteiger partial charge is 0.228 e. The van der Waals surface area contributed by atoms with Gasteiger partial charge in [0.25, 0.3) is 0 Å². The van der Waals surface area contributed by atoms with Gasteiger partial charge in [0.2, 0.25) is 5.91 Å². The lowest BCUT2D eigenvalue weighted by molar-refractivity contribution is -0.145. The molecule has 0 saturated carbocycles. The summed E-state index contributed by atoms with van der Waals surface area (Å²) in [7, 11) is 0. The van der Waals surface area contributed by atoms with Crippen molar-refractivity contribution in [1.29, 1.82) is 0 Å². The summed E-state index contributed by atoms with van der Waals surface area (Å²) in [6.07, 6.45) is 3.66. The summed E-state index contributed by atoms with van der Waals surface area (Å²) in [5.74, 6) is 0.176. The molecular weight excluding hydrogens is 252 g/mol. The molecule has 1 saturated heterocycles. The quantitative estimate of drug-likeness (QED) is 0.852. The molecule has 1 aliphatic rings. The predicted molar refractivity (Wildman–Crippen MR) is 78.1 cm³/mol. The van der Waals surface area contributed by atoms with E-state index in [0.717, 1.165) is 25.1 Å². The lowest BCUT2D eigenvalue weighted by atomic mass is 9.96. The molecule has 2 heterocycles. The minimum absolute atomic E-state index is 0.00770. The Labute approximate surface area is 121 Å². The Kier molecular flexibility index (Phi) is 4.76. The molecule has 1 unspecified atom stereocenters. The standard InChI is InChI=1S/C16H24N2O2/c1-16(2,3)18(11-14-8-4-5-9-17-14)15(19)13-7-6-10-20-12-13/h4-5,8-9,13H,6-7,10-12H2,1-3H3. The first-order chi connectivity index (χ1) is 9.48. The summed E-state index contributed by atoms with van der Waals surface area (Å²) in [6.45, 7) is 8.08. The monoisotopic (exact) mass is 276 g/mol. The van der Waals surface area contributed by atoms with Crippen LogP contribution < -0.4 is 0 Å². The molecule has 110 valence electrons. The van der Waals surface area contributed by atoms with E-state index in [1.54, 1.807) is 6.20 Å². The number of amides is 1. The Bertz CT molecular complexity index is 434. The SMILES string of the molecule is CC(C)(C)N(Cc1ccccn1)C(=O)C1CCCOC1. The molecule has 0 N–H and O–H groups in total. The molecule has 0 radical (unpaired) electrons. The number of hydrogen-bond acceptors (Lipinski definition) is 3. The van der Waals surface area contributed by atoms with Gasteiger partial charge in [0.05, 0.1) is 24.8 Å². The predicted octanol–water partition coefficient (Wildman–Crippen LogP) is 2.64. The fraction of sp³-hybridized carbons (Fsp3) is 0.625. The number of carbonyl (C=O) groups excluding carboxylic acids is 1. The third-order valence-corrected chi connectivity index (χ3v) is 3.63. The van der Waals surface area contributed by atoms with Gasteiger partial charge in [-0.15, -0.1) is 0 Å². The first kappa shape index (κ1) is 15.0. The topological polar surface area (TPSA) is 42.4 Å². The minimum Gasteiger partial charge on any atom is -0.381 e. The van der Waals surface area contributed by atoms with Crippen molar-refractivity contribution in [2.75, 3.05) is 13.2 Å². The normalized spacial score (nSPS) is 19.6. The minimum atomic E-state index is -0.216. The van der Waals surface area contributed by atoms with E-state index in [9.17, 15) is 4.79 Å². The Morgan fingerprint density at radius 3 is 2.80 bits per heavy atom. The van der Waals surface area contributed by atoms with Crippen molar-refractivity contribution in [2.24, 2.45) is 5.92 Å². The second-order valence-corrected chi connectivity index (χ2v) is 6.33. The number of ether oxygens (including phenoxy) is 1. The summed E-state index contributed by atoms with van der Waals surface area (Å²) < 4.78 is 5.45. The zero-order chi connectivity index (χ0) is 14.6. The molecule has 4 nitrogen and oxygen atoms in total. The van der Waals surface area contributed by atoms with Crippen molar-refractivity contribution >= 4 is 5.91 Å². The van der Waals surface area contributed by atoms with Gasteiger partial charge in [-0.2, -0.15) is 0 Å². The summed E-state index contributed by atoms with van der Waals surface area (Å²) in [4.78, 5) is 19.0. The Hall–Kier alpha value is -1.42. The first-order valence-electron chi connectivity index (χ1n) is 7.27. The lowest BCUT2D eigenvalue weighted by Gasteiger charge is -2.38. The van der Waals surface area contributed by atoms with Crippen LogP contribution in [0.3, 0.4) is 0 Å². The van der Waals surface area contributed by atoms with Crippen molar-refractivity contribution in [3.8, 4) is 0 Å². The van der Waals surface area contributed by atoms with E-state index in [2.05, 4.69) is 25.8 Å². The molecule has 1 fully saturated rings. The van der Waals surface area contributed by atoms with E-state index in [1.807, 2.05) is 23.1 Å². The lowest BCUT2D eigenvalue weighted by Crippen LogP contribution is -2.49. The molecule has 1 aromatic heterocycles. The van der Waals surface area contributed by atoms with Crippen molar-refractivity contribution in [1.82, 2.24) is 9.88 Å². The van der Waals surface area contributed by atoms with Crippen LogP contribution in [0.4, 0.5) is 0 Å². The number of nitrogens with zero attached hydrogens (tertiary/aromatic N) is 2. The van der Waals surface area contributed by atoms with Crippen molar-refractivity contribution < 1.29 is 9.53 Å². The third kappa shape index (κ3) is 3.79. The zero-order valence-electron chi connectivity index (χ0n) is 12.6. The number of rotatable bonds is 3. The fourth-order valence-corrected chi connectivity index (χ4v) is 2.46. The molecule has 1 atom stereocenters. The largest absolute Gasteiger partial charge is 0.381 e. The van der Waals surface area contributed by atoms with Gasteiger partial charge in [-0.25, -0.2) is 0 Å². The van der Waals surface area contributed by atoms with Crippen LogP contribution in [0.1, 0.15) is 39.3 Å². The van der Waals surface area contributed by atoms with Gasteiger partial charge in [-0.3, -0.25) is 9.78 Å². The highest BCUT2D eigenvalue weighted by atomic mass is 16.5. The van der Waals surface area contributed by atoms with E-state index >= 15 is 0 Å². The Balaban J connectivity index is 2.13. The van der Waals surface area contributed by atoms with Gasteiger partial charge in [0.15, 0.2) is 0 Å². The number of pyridine rings is 1. The van der Waals surface area contributed by atoms with E-state index in [0.29, 0.717) is 13.2 Å². The Morgan fingerprint density at radius 1 is 1.45 bits per heavy atom. The van der Waals surface area contributed by atoms with Crippen molar-refractivity contribution in [2.45, 2.75) is 45.7 Å². The molecule has 20 heavy (non-hydrogen) atoms. The second-order valence-electron chi connectivity index (χ2n) is 6.33. The summed E-state index contributed by atoms with van der Waals surface area (Å²) in [5, 5.41) is 0. The molecule has 2 rings (SSSR count). The number of hydrogen-bond donors (Lipinski definition) is 0. The van der Waals surface area contributed by atoms with Crippen LogP contribution in [-0.2, 0) is 16.1 Å². The highest BCUT2D eigenvalue weighted by Crippen LogP contribution is 2.23. The van der Waals surface area contributed by atoms with Crippen LogP contribution in [0, 0.1) is 5.92 Å². The first-order valence-corrected chi connectivity index (χ1v) is 7.27. The van der Waals surface area contributed by atoms with Gasteiger partial charge in [0, 0.05) is 18.3 Å². The molecule has 1 aliphatic heterocycles. The maximum atomic E-state index is 12.8. The van der Waals surface area contributed by atoms with E-state index in [-0.39, 0.29) is 17.4 Å². The van der Waals surface area contributed by atoms with Crippen LogP contribution in [0.2, 0.25) is 0 Å². The zero-order valence-corrected chi connectivity index (χ0v) is 12.6. The van der Waals surface area contributed by atoms with Crippen LogP contribution in [0.15, 0.2) is 24.4 Å². The van der Waals surface area contributed by atoms with Crippen molar-refractivity contribution in [3.63, 3.8) is 0 Å². The molecule has 0 aliphatic carbocycles. The third-order valence-electron chi connectivity index (χ3n) is 3.63. The molecule has 0 spiro atoms. The number of aromatic nitrogens is 1. The summed E-state index contributed by atoms with van der Waals surface area (Å²) in [6, 6.07) is 5.81. The molecule has 0 aromatic carbocycles. The van der Waals surface area contributed by atoms with Gasteiger partial charge in [-0.1, -0.05) is 6.07 Å². The summed E-state index contributed by atoms with van der Waals surface area (Å²) in [5.41, 5.74) is 0.707. The van der Waals surface area contributed by atoms with Gasteiger partial charge in [0.1, 0.15) is 0 Å². The second kappa shape index (κ2) is 6.35. The van der Waals surface area contributed by atoms with E-state index < -0.39 is 0 Å².